The van der Waals surface area contributed by atoms with Crippen LogP contribution in [0.5, 0.6) is 0 Å². The summed E-state index contributed by atoms with van der Waals surface area (Å²) in [7, 11) is -3.28. The van der Waals surface area contributed by atoms with Crippen LogP contribution in [0.4, 0.5) is 14.7 Å². The number of nitrogen functional groups attached to an aromatic ring is 1. The summed E-state index contributed by atoms with van der Waals surface area (Å²) in [6, 6.07) is 1.61. The van der Waals surface area contributed by atoms with Crippen LogP contribution in [-0.2, 0) is 9.84 Å². The van der Waals surface area contributed by atoms with Crippen molar-refractivity contribution in [3.05, 3.63) is 23.8 Å². The highest BCUT2D eigenvalue weighted by Crippen LogP contribution is 2.27. The van der Waals surface area contributed by atoms with Crippen LogP contribution in [0.15, 0.2) is 12.1 Å². The molecule has 19 heavy (non-hydrogen) atoms. The van der Waals surface area contributed by atoms with Crippen molar-refractivity contribution in [2.45, 2.75) is 13.0 Å². The van der Waals surface area contributed by atoms with E-state index in [9.17, 15) is 17.2 Å². The van der Waals surface area contributed by atoms with Crippen LogP contribution in [0.25, 0.3) is 11.0 Å². The van der Waals surface area contributed by atoms with E-state index >= 15 is 0 Å². The van der Waals surface area contributed by atoms with Crippen molar-refractivity contribution >= 4 is 26.8 Å². The zero-order valence-electron chi connectivity index (χ0n) is 10.4. The summed E-state index contributed by atoms with van der Waals surface area (Å²) in [5.41, 5.74) is 5.73. The van der Waals surface area contributed by atoms with E-state index in [2.05, 4.69) is 4.98 Å². The fraction of sp³-hybridized carbons (Fsp3) is 0.364. The second kappa shape index (κ2) is 4.44. The molecule has 0 saturated heterocycles. The fourth-order valence-electron chi connectivity index (χ4n) is 2.10. The van der Waals surface area contributed by atoms with Gasteiger partial charge in [-0.1, -0.05) is 0 Å². The van der Waals surface area contributed by atoms with Gasteiger partial charge in [-0.05, 0) is 19.1 Å². The number of rotatable bonds is 3. The van der Waals surface area contributed by atoms with Gasteiger partial charge >= 0.3 is 0 Å². The van der Waals surface area contributed by atoms with Gasteiger partial charge in [0.15, 0.2) is 11.6 Å². The average molecular weight is 289 g/mol. The summed E-state index contributed by atoms with van der Waals surface area (Å²) in [5, 5.41) is 0. The maximum Gasteiger partial charge on any atom is 0.201 e. The molecule has 1 heterocycles. The van der Waals surface area contributed by atoms with Crippen LogP contribution < -0.4 is 5.73 Å². The van der Waals surface area contributed by atoms with Gasteiger partial charge < -0.3 is 10.3 Å². The Bertz CT molecular complexity index is 740. The Kier molecular flexibility index (Phi) is 3.21. The normalized spacial score (nSPS) is 13.9. The van der Waals surface area contributed by atoms with E-state index in [-0.39, 0.29) is 22.7 Å². The number of aromatic nitrogens is 2. The van der Waals surface area contributed by atoms with Crippen LogP contribution in [0.2, 0.25) is 0 Å². The Morgan fingerprint density at radius 3 is 2.63 bits per heavy atom. The van der Waals surface area contributed by atoms with E-state index in [1.165, 1.54) is 10.6 Å². The molecule has 5 nitrogen and oxygen atoms in total. The number of hydrogen-bond acceptors (Lipinski definition) is 4. The molecule has 2 aromatic rings. The van der Waals surface area contributed by atoms with Crippen molar-refractivity contribution in [2.24, 2.45) is 0 Å². The number of hydrogen-bond donors (Lipinski definition) is 1. The van der Waals surface area contributed by atoms with Gasteiger partial charge in [0.1, 0.15) is 15.4 Å². The monoisotopic (exact) mass is 289 g/mol. The molecule has 0 radical (unpaired) electrons. The lowest BCUT2D eigenvalue weighted by atomic mass is 10.2. The number of fused-ring (bicyclic) bond motifs is 1. The van der Waals surface area contributed by atoms with Gasteiger partial charge in [-0.3, -0.25) is 0 Å². The SMILES string of the molecule is C[C@H](CS(C)(=O)=O)n1c(N)nc2ccc(F)c(F)c21. The molecule has 1 atom stereocenters. The number of sulfone groups is 1. The zero-order valence-corrected chi connectivity index (χ0v) is 11.2. The summed E-state index contributed by atoms with van der Waals surface area (Å²) in [5.74, 6) is -2.39. The molecule has 0 bridgehead atoms. The van der Waals surface area contributed by atoms with Crippen molar-refractivity contribution < 1.29 is 17.2 Å². The highest BCUT2D eigenvalue weighted by molar-refractivity contribution is 7.90. The van der Waals surface area contributed by atoms with Crippen LogP contribution in [0.1, 0.15) is 13.0 Å². The first-order valence-corrected chi connectivity index (χ1v) is 7.56. The summed E-state index contributed by atoms with van der Waals surface area (Å²) >= 11 is 0. The molecule has 0 spiro atoms. The number of nitrogens with two attached hydrogens (primary N) is 1. The van der Waals surface area contributed by atoms with E-state index in [0.717, 1.165) is 12.3 Å². The maximum absolute atomic E-state index is 13.8. The third-order valence-corrected chi connectivity index (χ3v) is 3.84. The van der Waals surface area contributed by atoms with Crippen molar-refractivity contribution in [3.63, 3.8) is 0 Å². The Hall–Kier alpha value is -1.70. The van der Waals surface area contributed by atoms with Crippen molar-refractivity contribution in [2.75, 3.05) is 17.7 Å². The molecular weight excluding hydrogens is 276 g/mol. The molecule has 2 rings (SSSR count). The Labute approximate surface area is 109 Å². The molecule has 0 aliphatic rings. The molecule has 1 aromatic carbocycles. The fourth-order valence-corrected chi connectivity index (χ4v) is 3.13. The highest BCUT2D eigenvalue weighted by atomic mass is 32.2. The zero-order chi connectivity index (χ0) is 14.4. The predicted molar refractivity (Wildman–Crippen MR) is 68.5 cm³/mol. The number of halogens is 2. The Morgan fingerprint density at radius 1 is 1.42 bits per heavy atom. The molecule has 0 unspecified atom stereocenters. The minimum absolute atomic E-state index is 0.0457. The number of anilines is 1. The first-order valence-electron chi connectivity index (χ1n) is 5.50. The van der Waals surface area contributed by atoms with Crippen LogP contribution in [0, 0.1) is 11.6 Å². The van der Waals surface area contributed by atoms with Crippen molar-refractivity contribution in [1.29, 1.82) is 0 Å². The van der Waals surface area contributed by atoms with E-state index in [4.69, 9.17) is 5.73 Å². The van der Waals surface area contributed by atoms with Gasteiger partial charge in [-0.15, -0.1) is 0 Å². The number of benzene rings is 1. The van der Waals surface area contributed by atoms with Gasteiger partial charge in [0.2, 0.25) is 5.95 Å². The molecular formula is C11H13F2N3O2S. The van der Waals surface area contributed by atoms with Gasteiger partial charge in [-0.2, -0.15) is 0 Å². The largest absolute Gasteiger partial charge is 0.369 e. The van der Waals surface area contributed by atoms with E-state index in [0.29, 0.717) is 0 Å². The van der Waals surface area contributed by atoms with E-state index in [1.807, 2.05) is 0 Å². The molecule has 0 aliphatic carbocycles. The third kappa shape index (κ3) is 2.53. The lowest BCUT2D eigenvalue weighted by Gasteiger charge is -2.15. The van der Waals surface area contributed by atoms with E-state index in [1.54, 1.807) is 6.92 Å². The van der Waals surface area contributed by atoms with Crippen LogP contribution in [-0.4, -0.2) is 30.0 Å². The molecule has 2 N–H and O–H groups in total. The van der Waals surface area contributed by atoms with E-state index < -0.39 is 27.5 Å². The molecule has 8 heteroatoms. The molecule has 0 saturated carbocycles. The second-order valence-corrected chi connectivity index (χ2v) is 6.70. The van der Waals surface area contributed by atoms with Gasteiger partial charge in [-0.25, -0.2) is 22.2 Å². The third-order valence-electron chi connectivity index (χ3n) is 2.76. The maximum atomic E-state index is 13.8. The number of imidazole rings is 1. The van der Waals surface area contributed by atoms with Crippen LogP contribution >= 0.6 is 0 Å². The average Bonchev–Trinajstić information content (AvgIpc) is 2.58. The second-order valence-electron chi connectivity index (χ2n) is 4.51. The molecule has 104 valence electrons. The minimum Gasteiger partial charge on any atom is -0.369 e. The Morgan fingerprint density at radius 2 is 2.05 bits per heavy atom. The lowest BCUT2D eigenvalue weighted by molar-refractivity contribution is 0.506. The van der Waals surface area contributed by atoms with Crippen molar-refractivity contribution in [3.8, 4) is 0 Å². The standard InChI is InChI=1S/C11H13F2N3O2S/c1-6(5-19(2,17)18)16-10-8(15-11(16)14)4-3-7(12)9(10)13/h3-4,6H,5H2,1-2H3,(H2,14,15)/t6-/m1/s1. The quantitative estimate of drug-likeness (QED) is 0.929. The molecule has 0 aliphatic heterocycles. The highest BCUT2D eigenvalue weighted by Gasteiger charge is 2.21. The summed E-state index contributed by atoms with van der Waals surface area (Å²) < 4.78 is 50.9. The number of nitrogens with zero attached hydrogens (tertiary/aromatic N) is 2. The molecule has 0 fully saturated rings. The van der Waals surface area contributed by atoms with Gasteiger partial charge in [0.05, 0.1) is 11.3 Å². The molecule has 1 aromatic heterocycles. The smallest absolute Gasteiger partial charge is 0.201 e. The first-order chi connectivity index (χ1) is 8.70. The Balaban J connectivity index is 2.66. The summed E-state index contributed by atoms with van der Waals surface area (Å²) in [4.78, 5) is 3.91. The predicted octanol–water partition coefficient (Wildman–Crippen LogP) is 1.50. The summed E-state index contributed by atoms with van der Waals surface area (Å²) in [6.07, 6.45) is 1.07. The molecule has 0 amide bonds. The van der Waals surface area contributed by atoms with Gasteiger partial charge in [0.25, 0.3) is 0 Å². The van der Waals surface area contributed by atoms with Crippen molar-refractivity contribution in [1.82, 2.24) is 9.55 Å². The summed E-state index contributed by atoms with van der Waals surface area (Å²) in [6.45, 7) is 1.56. The van der Waals surface area contributed by atoms with Gasteiger partial charge in [0, 0.05) is 12.3 Å². The minimum atomic E-state index is -3.28. The lowest BCUT2D eigenvalue weighted by Crippen LogP contribution is -2.18. The first kappa shape index (κ1) is 13.7. The van der Waals surface area contributed by atoms with Crippen LogP contribution in [0.3, 0.4) is 0 Å². The topological polar surface area (TPSA) is 78.0 Å².